The molecule has 0 bridgehead atoms. The first-order valence-corrected chi connectivity index (χ1v) is 9.04. The third-order valence-electron chi connectivity index (χ3n) is 4.18. The number of nitrogens with one attached hydrogen (secondary N) is 1. The Balaban J connectivity index is 1.65. The zero-order valence-electron chi connectivity index (χ0n) is 13.4. The molecule has 0 saturated heterocycles. The summed E-state index contributed by atoms with van der Waals surface area (Å²) in [4.78, 5) is 12.9. The van der Waals surface area contributed by atoms with Crippen molar-refractivity contribution in [2.45, 2.75) is 44.5 Å². The van der Waals surface area contributed by atoms with Gasteiger partial charge in [0.25, 0.3) is 5.91 Å². The lowest BCUT2D eigenvalue weighted by molar-refractivity contribution is -0.274. The fourth-order valence-electron chi connectivity index (χ4n) is 2.96. The Hall–Kier alpha value is -2.02. The minimum Gasteiger partial charge on any atom is -0.406 e. The second-order valence-corrected chi connectivity index (χ2v) is 6.99. The number of hydrogen-bond donors (Lipinski definition) is 1. The van der Waals surface area contributed by atoms with Crippen LogP contribution in [0.1, 0.15) is 41.8 Å². The van der Waals surface area contributed by atoms with Gasteiger partial charge in [0.15, 0.2) is 0 Å². The largest absolute Gasteiger partial charge is 0.573 e. The molecule has 1 aliphatic rings. The van der Waals surface area contributed by atoms with E-state index in [1.54, 1.807) is 18.2 Å². The van der Waals surface area contributed by atoms with Crippen molar-refractivity contribution in [3.63, 3.8) is 0 Å². The maximum Gasteiger partial charge on any atom is 0.573 e. The Kier molecular flexibility index (Phi) is 5.32. The molecule has 0 radical (unpaired) electrons. The van der Waals surface area contributed by atoms with E-state index >= 15 is 0 Å². The van der Waals surface area contributed by atoms with Gasteiger partial charge in [-0.1, -0.05) is 31.4 Å². The molecule has 1 N–H and O–H groups in total. The van der Waals surface area contributed by atoms with Crippen LogP contribution in [0.15, 0.2) is 35.7 Å². The molecular weight excluding hydrogens is 351 g/mol. The Morgan fingerprint density at radius 2 is 1.76 bits per heavy atom. The molecule has 3 nitrogen and oxygen atoms in total. The van der Waals surface area contributed by atoms with Crippen molar-refractivity contribution < 1.29 is 22.7 Å². The number of ether oxygens (including phenoxy) is 1. The van der Waals surface area contributed by atoms with Crippen LogP contribution in [0.5, 0.6) is 5.75 Å². The molecular formula is C18H18F3NO2S. The Morgan fingerprint density at radius 1 is 1.08 bits per heavy atom. The highest BCUT2D eigenvalue weighted by Gasteiger charge is 2.31. The second-order valence-electron chi connectivity index (χ2n) is 6.08. The molecule has 0 unspecified atom stereocenters. The van der Waals surface area contributed by atoms with E-state index in [0.717, 1.165) is 36.8 Å². The Labute approximate surface area is 147 Å². The van der Waals surface area contributed by atoms with Gasteiger partial charge in [0.05, 0.1) is 4.88 Å². The summed E-state index contributed by atoms with van der Waals surface area (Å²) in [7, 11) is 0. The summed E-state index contributed by atoms with van der Waals surface area (Å²) in [6, 6.07) is 7.64. The van der Waals surface area contributed by atoms with Gasteiger partial charge < -0.3 is 10.1 Å². The van der Waals surface area contributed by atoms with Gasteiger partial charge in [0.1, 0.15) is 5.75 Å². The smallest absolute Gasteiger partial charge is 0.406 e. The van der Waals surface area contributed by atoms with Crippen LogP contribution in [-0.2, 0) is 0 Å². The number of alkyl halides is 3. The van der Waals surface area contributed by atoms with Crippen LogP contribution < -0.4 is 10.1 Å². The Morgan fingerprint density at radius 3 is 2.40 bits per heavy atom. The van der Waals surface area contributed by atoms with Crippen molar-refractivity contribution in [2.75, 3.05) is 0 Å². The quantitative estimate of drug-likeness (QED) is 0.786. The van der Waals surface area contributed by atoms with Crippen LogP contribution in [-0.4, -0.2) is 18.3 Å². The molecule has 134 valence electrons. The number of carbonyl (C=O) groups is 1. The van der Waals surface area contributed by atoms with Gasteiger partial charge in [-0.25, -0.2) is 0 Å². The van der Waals surface area contributed by atoms with Crippen molar-refractivity contribution in [1.82, 2.24) is 5.32 Å². The molecule has 25 heavy (non-hydrogen) atoms. The lowest BCUT2D eigenvalue weighted by atomic mass is 9.95. The number of benzene rings is 1. The summed E-state index contributed by atoms with van der Waals surface area (Å²) in [5.74, 6) is -0.345. The van der Waals surface area contributed by atoms with Crippen LogP contribution in [0.3, 0.4) is 0 Å². The van der Waals surface area contributed by atoms with Gasteiger partial charge in [0.2, 0.25) is 0 Å². The maximum atomic E-state index is 12.3. The fourth-order valence-corrected chi connectivity index (χ4v) is 3.78. The zero-order valence-corrected chi connectivity index (χ0v) is 14.3. The van der Waals surface area contributed by atoms with Crippen LogP contribution in [0.25, 0.3) is 11.1 Å². The predicted molar refractivity (Wildman–Crippen MR) is 90.8 cm³/mol. The number of rotatable bonds is 4. The summed E-state index contributed by atoms with van der Waals surface area (Å²) in [5, 5.41) is 4.89. The standard InChI is InChI=1S/C18H18F3NO2S/c19-18(20,21)24-15-8-6-12(7-9-15)13-10-16(25-11-13)17(23)22-14-4-2-1-3-5-14/h6-11,14H,1-5H2,(H,22,23). The molecule has 0 spiro atoms. The fraction of sp³-hybridized carbons (Fsp3) is 0.389. The van der Waals surface area contributed by atoms with Crippen molar-refractivity contribution in [3.8, 4) is 16.9 Å². The SMILES string of the molecule is O=C(NC1CCCCC1)c1cc(-c2ccc(OC(F)(F)F)cc2)cs1. The van der Waals surface area contributed by atoms with Crippen LogP contribution in [0, 0.1) is 0 Å². The zero-order chi connectivity index (χ0) is 17.9. The van der Waals surface area contributed by atoms with E-state index in [4.69, 9.17) is 0 Å². The molecule has 2 aromatic rings. The van der Waals surface area contributed by atoms with Crippen molar-refractivity contribution in [2.24, 2.45) is 0 Å². The number of hydrogen-bond acceptors (Lipinski definition) is 3. The van der Waals surface area contributed by atoms with E-state index in [9.17, 15) is 18.0 Å². The van der Waals surface area contributed by atoms with Crippen molar-refractivity contribution in [3.05, 3.63) is 40.6 Å². The number of halogens is 3. The third-order valence-corrected chi connectivity index (χ3v) is 5.11. The van der Waals surface area contributed by atoms with Gasteiger partial charge in [-0.15, -0.1) is 24.5 Å². The van der Waals surface area contributed by atoms with Gasteiger partial charge >= 0.3 is 6.36 Å². The summed E-state index contributed by atoms with van der Waals surface area (Å²) in [5.41, 5.74) is 1.54. The first kappa shape index (κ1) is 17.8. The highest BCUT2D eigenvalue weighted by molar-refractivity contribution is 7.12. The minimum atomic E-state index is -4.70. The predicted octanol–water partition coefficient (Wildman–Crippen LogP) is 5.38. The van der Waals surface area contributed by atoms with Crippen LogP contribution in [0.2, 0.25) is 0 Å². The molecule has 1 amide bonds. The molecule has 7 heteroatoms. The lowest BCUT2D eigenvalue weighted by Crippen LogP contribution is -2.35. The summed E-state index contributed by atoms with van der Waals surface area (Å²) in [6.07, 6.45) is 0.854. The summed E-state index contributed by atoms with van der Waals surface area (Å²) >= 11 is 1.33. The number of carbonyl (C=O) groups excluding carboxylic acids is 1. The highest BCUT2D eigenvalue weighted by atomic mass is 32.1. The molecule has 1 aromatic carbocycles. The van der Waals surface area contributed by atoms with E-state index in [1.807, 2.05) is 5.38 Å². The normalized spacial score (nSPS) is 15.8. The monoisotopic (exact) mass is 369 g/mol. The number of amides is 1. The molecule has 0 aliphatic heterocycles. The first-order chi connectivity index (χ1) is 11.9. The molecule has 1 aliphatic carbocycles. The van der Waals surface area contributed by atoms with E-state index in [0.29, 0.717) is 4.88 Å². The molecule has 1 saturated carbocycles. The molecule has 1 fully saturated rings. The molecule has 1 heterocycles. The minimum absolute atomic E-state index is 0.0832. The van der Waals surface area contributed by atoms with E-state index < -0.39 is 6.36 Å². The number of thiophene rings is 1. The third kappa shape index (κ3) is 4.98. The topological polar surface area (TPSA) is 38.3 Å². The molecule has 1 aromatic heterocycles. The summed E-state index contributed by atoms with van der Waals surface area (Å²) in [6.45, 7) is 0. The van der Waals surface area contributed by atoms with E-state index in [2.05, 4.69) is 10.1 Å². The average Bonchev–Trinajstić information content (AvgIpc) is 3.05. The van der Waals surface area contributed by atoms with Gasteiger partial charge in [0, 0.05) is 6.04 Å². The van der Waals surface area contributed by atoms with Crippen LogP contribution >= 0.6 is 11.3 Å². The first-order valence-electron chi connectivity index (χ1n) is 8.16. The maximum absolute atomic E-state index is 12.3. The average molecular weight is 369 g/mol. The van der Waals surface area contributed by atoms with Crippen LogP contribution in [0.4, 0.5) is 13.2 Å². The van der Waals surface area contributed by atoms with Gasteiger partial charge in [-0.2, -0.15) is 0 Å². The molecule has 3 rings (SSSR count). The van der Waals surface area contributed by atoms with Crippen molar-refractivity contribution in [1.29, 1.82) is 0 Å². The van der Waals surface area contributed by atoms with Gasteiger partial charge in [-0.05, 0) is 47.5 Å². The second kappa shape index (κ2) is 7.47. The Bertz CT molecular complexity index is 719. The molecule has 0 atom stereocenters. The van der Waals surface area contributed by atoms with E-state index in [-0.39, 0.29) is 17.7 Å². The van der Waals surface area contributed by atoms with E-state index in [1.165, 1.54) is 29.9 Å². The van der Waals surface area contributed by atoms with Crippen molar-refractivity contribution >= 4 is 17.2 Å². The summed E-state index contributed by atoms with van der Waals surface area (Å²) < 4.78 is 40.4. The lowest BCUT2D eigenvalue weighted by Gasteiger charge is -2.22. The van der Waals surface area contributed by atoms with Gasteiger partial charge in [-0.3, -0.25) is 4.79 Å². The highest BCUT2D eigenvalue weighted by Crippen LogP contribution is 2.29.